The van der Waals surface area contributed by atoms with Gasteiger partial charge in [-0.15, -0.1) is 0 Å². The van der Waals surface area contributed by atoms with E-state index in [4.69, 9.17) is 27.9 Å². The van der Waals surface area contributed by atoms with Gasteiger partial charge in [0.2, 0.25) is 0 Å². The molecule has 108 valence electrons. The van der Waals surface area contributed by atoms with Gasteiger partial charge in [0, 0.05) is 24.8 Å². The van der Waals surface area contributed by atoms with Crippen molar-refractivity contribution in [1.82, 2.24) is 9.78 Å². The summed E-state index contributed by atoms with van der Waals surface area (Å²) in [5, 5.41) is 17.9. The molecule has 1 heterocycles. The number of rotatable bonds is 6. The molecule has 0 spiro atoms. The number of nitrogens with zero attached hydrogens (tertiary/aromatic N) is 2. The number of ether oxygens (including phenoxy) is 1. The van der Waals surface area contributed by atoms with Crippen LogP contribution in [0.5, 0.6) is 5.75 Å². The maximum absolute atomic E-state index is 9.84. The molecule has 0 fully saturated rings. The molecule has 1 aromatic carbocycles. The molecule has 7 heteroatoms. The molecule has 1 unspecified atom stereocenters. The zero-order valence-electron chi connectivity index (χ0n) is 10.9. The van der Waals surface area contributed by atoms with Crippen molar-refractivity contribution in [2.24, 2.45) is 7.05 Å². The molecular formula is C13H15Cl2N3O2. The number of aliphatic hydroxyl groups is 1. The Kier molecular flexibility index (Phi) is 5.11. The van der Waals surface area contributed by atoms with Crippen molar-refractivity contribution in [2.45, 2.75) is 6.10 Å². The molecular weight excluding hydrogens is 301 g/mol. The van der Waals surface area contributed by atoms with Gasteiger partial charge in [0.25, 0.3) is 0 Å². The molecule has 0 amide bonds. The summed E-state index contributed by atoms with van der Waals surface area (Å²) in [7, 11) is 1.83. The van der Waals surface area contributed by atoms with Crippen molar-refractivity contribution in [3.8, 4) is 5.75 Å². The fraction of sp³-hybridized carbons (Fsp3) is 0.308. The minimum absolute atomic E-state index is 0.134. The van der Waals surface area contributed by atoms with Crippen LogP contribution in [0.3, 0.4) is 0 Å². The topological polar surface area (TPSA) is 59.3 Å². The average Bonchev–Trinajstić information content (AvgIpc) is 2.81. The lowest BCUT2D eigenvalue weighted by atomic mass is 10.3. The number of halogens is 2. The Morgan fingerprint density at radius 2 is 2.25 bits per heavy atom. The van der Waals surface area contributed by atoms with Gasteiger partial charge in [0.15, 0.2) is 0 Å². The summed E-state index contributed by atoms with van der Waals surface area (Å²) >= 11 is 11.8. The van der Waals surface area contributed by atoms with E-state index in [0.717, 1.165) is 5.69 Å². The Hall–Kier alpha value is -1.43. The smallest absolute Gasteiger partial charge is 0.138 e. The number of hydrogen-bond donors (Lipinski definition) is 2. The van der Waals surface area contributed by atoms with E-state index in [1.54, 1.807) is 29.1 Å². The second kappa shape index (κ2) is 6.83. The van der Waals surface area contributed by atoms with Gasteiger partial charge in [0.1, 0.15) is 18.5 Å². The van der Waals surface area contributed by atoms with Crippen molar-refractivity contribution in [1.29, 1.82) is 0 Å². The third-order valence-corrected chi connectivity index (χ3v) is 3.10. The standard InChI is InChI=1S/C13H15Cl2N3O2/c1-18-7-10(5-17-18)16-6-11(19)8-20-13-3-2-9(14)4-12(13)15/h2-5,7,11,16,19H,6,8H2,1H3. The molecule has 5 nitrogen and oxygen atoms in total. The first-order valence-electron chi connectivity index (χ1n) is 6.03. The lowest BCUT2D eigenvalue weighted by molar-refractivity contribution is 0.117. The number of hydrogen-bond acceptors (Lipinski definition) is 4. The van der Waals surface area contributed by atoms with Crippen LogP contribution in [0.2, 0.25) is 10.0 Å². The minimum Gasteiger partial charge on any atom is -0.489 e. The zero-order chi connectivity index (χ0) is 14.5. The second-order valence-corrected chi connectivity index (χ2v) is 5.17. The van der Waals surface area contributed by atoms with Crippen LogP contribution in [0.1, 0.15) is 0 Å². The summed E-state index contributed by atoms with van der Waals surface area (Å²) in [4.78, 5) is 0. The lowest BCUT2D eigenvalue weighted by Gasteiger charge is -2.14. The number of aromatic nitrogens is 2. The Morgan fingerprint density at radius 1 is 1.45 bits per heavy atom. The summed E-state index contributed by atoms with van der Waals surface area (Å²) < 4.78 is 7.13. The SMILES string of the molecule is Cn1cc(NCC(O)COc2ccc(Cl)cc2Cl)cn1. The highest BCUT2D eigenvalue weighted by atomic mass is 35.5. The van der Waals surface area contributed by atoms with E-state index in [2.05, 4.69) is 10.4 Å². The largest absolute Gasteiger partial charge is 0.489 e. The molecule has 1 aromatic heterocycles. The average molecular weight is 316 g/mol. The van der Waals surface area contributed by atoms with E-state index in [0.29, 0.717) is 22.3 Å². The fourth-order valence-electron chi connectivity index (χ4n) is 1.59. The van der Waals surface area contributed by atoms with E-state index < -0.39 is 6.10 Å². The van der Waals surface area contributed by atoms with E-state index in [1.165, 1.54) is 0 Å². The first kappa shape index (κ1) is 15.0. The molecule has 1 atom stereocenters. The Balaban J connectivity index is 1.78. The molecule has 2 N–H and O–H groups in total. The number of benzene rings is 1. The summed E-state index contributed by atoms with van der Waals surface area (Å²) in [6.45, 7) is 0.492. The summed E-state index contributed by atoms with van der Waals surface area (Å²) in [5.41, 5.74) is 0.844. The van der Waals surface area contributed by atoms with Gasteiger partial charge in [-0.05, 0) is 18.2 Å². The van der Waals surface area contributed by atoms with Crippen LogP contribution in [-0.4, -0.2) is 34.1 Å². The van der Waals surface area contributed by atoms with Gasteiger partial charge < -0.3 is 15.2 Å². The highest BCUT2D eigenvalue weighted by Crippen LogP contribution is 2.27. The highest BCUT2D eigenvalue weighted by Gasteiger charge is 2.08. The summed E-state index contributed by atoms with van der Waals surface area (Å²) in [6, 6.07) is 4.95. The number of aliphatic hydroxyl groups excluding tert-OH is 1. The van der Waals surface area contributed by atoms with Crippen LogP contribution in [0.25, 0.3) is 0 Å². The number of aryl methyl sites for hydroxylation is 1. The third-order valence-electron chi connectivity index (χ3n) is 2.57. The molecule has 0 bridgehead atoms. The van der Waals surface area contributed by atoms with E-state index in [1.807, 2.05) is 13.2 Å². The lowest BCUT2D eigenvalue weighted by Crippen LogP contribution is -2.26. The second-order valence-electron chi connectivity index (χ2n) is 4.32. The van der Waals surface area contributed by atoms with Crippen LogP contribution < -0.4 is 10.1 Å². The predicted molar refractivity (Wildman–Crippen MR) is 79.7 cm³/mol. The van der Waals surface area contributed by atoms with E-state index in [9.17, 15) is 5.11 Å². The van der Waals surface area contributed by atoms with Crippen molar-refractivity contribution < 1.29 is 9.84 Å². The van der Waals surface area contributed by atoms with Crippen LogP contribution >= 0.6 is 23.2 Å². The van der Waals surface area contributed by atoms with Crippen LogP contribution in [-0.2, 0) is 7.05 Å². The predicted octanol–water partition coefficient (Wildman–Crippen LogP) is 2.58. The molecule has 20 heavy (non-hydrogen) atoms. The van der Waals surface area contributed by atoms with Crippen molar-refractivity contribution in [3.63, 3.8) is 0 Å². The van der Waals surface area contributed by atoms with Gasteiger partial charge in [-0.2, -0.15) is 5.10 Å². The first-order valence-corrected chi connectivity index (χ1v) is 6.78. The van der Waals surface area contributed by atoms with Crippen molar-refractivity contribution in [2.75, 3.05) is 18.5 Å². The molecule has 2 rings (SSSR count). The van der Waals surface area contributed by atoms with Crippen LogP contribution in [0, 0.1) is 0 Å². The van der Waals surface area contributed by atoms with Gasteiger partial charge in [-0.25, -0.2) is 0 Å². The molecule has 0 saturated carbocycles. The molecule has 0 radical (unpaired) electrons. The number of nitrogens with one attached hydrogen (secondary N) is 1. The molecule has 2 aromatic rings. The zero-order valence-corrected chi connectivity index (χ0v) is 12.4. The highest BCUT2D eigenvalue weighted by molar-refractivity contribution is 6.35. The Morgan fingerprint density at radius 3 is 2.90 bits per heavy atom. The van der Waals surface area contributed by atoms with Gasteiger partial charge in [-0.3, -0.25) is 4.68 Å². The van der Waals surface area contributed by atoms with Crippen molar-refractivity contribution >= 4 is 28.9 Å². The fourth-order valence-corrected chi connectivity index (χ4v) is 2.05. The number of anilines is 1. The summed E-state index contributed by atoms with van der Waals surface area (Å²) in [5.74, 6) is 0.497. The van der Waals surface area contributed by atoms with Gasteiger partial charge in [-0.1, -0.05) is 23.2 Å². The molecule has 0 saturated heterocycles. The van der Waals surface area contributed by atoms with Gasteiger partial charge in [0.05, 0.1) is 16.9 Å². The first-order chi connectivity index (χ1) is 9.54. The molecule has 0 aliphatic heterocycles. The maximum Gasteiger partial charge on any atom is 0.138 e. The van der Waals surface area contributed by atoms with Crippen LogP contribution in [0.4, 0.5) is 5.69 Å². The molecule has 0 aliphatic rings. The van der Waals surface area contributed by atoms with E-state index in [-0.39, 0.29) is 6.61 Å². The Labute approximate surface area is 127 Å². The minimum atomic E-state index is -0.665. The van der Waals surface area contributed by atoms with Gasteiger partial charge >= 0.3 is 0 Å². The normalized spacial score (nSPS) is 12.2. The monoisotopic (exact) mass is 315 g/mol. The van der Waals surface area contributed by atoms with Crippen LogP contribution in [0.15, 0.2) is 30.6 Å². The summed E-state index contributed by atoms with van der Waals surface area (Å²) in [6.07, 6.45) is 2.84. The Bertz CT molecular complexity index is 574. The van der Waals surface area contributed by atoms with E-state index >= 15 is 0 Å². The maximum atomic E-state index is 9.84. The van der Waals surface area contributed by atoms with Crippen molar-refractivity contribution in [3.05, 3.63) is 40.6 Å². The third kappa shape index (κ3) is 4.30. The quantitative estimate of drug-likeness (QED) is 0.860. The molecule has 0 aliphatic carbocycles.